The minimum absolute atomic E-state index is 0.0984. The Morgan fingerprint density at radius 1 is 1.09 bits per heavy atom. The number of sulfone groups is 1. The second kappa shape index (κ2) is 12.7. The Morgan fingerprint density at radius 3 is 2.52 bits per heavy atom. The van der Waals surface area contributed by atoms with E-state index in [0.29, 0.717) is 31.8 Å². The van der Waals surface area contributed by atoms with E-state index in [0.717, 1.165) is 48.9 Å². The Labute approximate surface area is 263 Å². The number of anilines is 1. The van der Waals surface area contributed by atoms with Crippen molar-refractivity contribution >= 4 is 44.0 Å². The highest BCUT2D eigenvalue weighted by Crippen LogP contribution is 2.39. The van der Waals surface area contributed by atoms with E-state index in [1.807, 2.05) is 52.0 Å². The molecule has 2 aromatic heterocycles. The molecule has 3 heterocycles. The van der Waals surface area contributed by atoms with Crippen LogP contribution in [-0.2, 0) is 27.7 Å². The fourth-order valence-corrected chi connectivity index (χ4v) is 7.97. The number of nitrogens with zero attached hydrogens (tertiary/aromatic N) is 3. The van der Waals surface area contributed by atoms with Gasteiger partial charge in [0.2, 0.25) is 0 Å². The Balaban J connectivity index is 1.36. The number of hydrogen-bond donors (Lipinski definition) is 1. The van der Waals surface area contributed by atoms with Crippen molar-refractivity contribution < 1.29 is 22.7 Å². The van der Waals surface area contributed by atoms with Gasteiger partial charge in [0, 0.05) is 34.8 Å². The Hall–Kier alpha value is -3.70. The molecular formula is C33H40N4O5S2. The quantitative estimate of drug-likeness (QED) is 0.221. The fourth-order valence-electron chi connectivity index (χ4n) is 5.47. The van der Waals surface area contributed by atoms with Crippen LogP contribution < -0.4 is 10.1 Å². The number of fused-ring (bicyclic) bond motifs is 1. The van der Waals surface area contributed by atoms with E-state index < -0.39 is 15.4 Å². The predicted octanol–water partition coefficient (Wildman–Crippen LogP) is 6.95. The van der Waals surface area contributed by atoms with Crippen LogP contribution in [0.2, 0.25) is 0 Å². The van der Waals surface area contributed by atoms with Crippen LogP contribution in [0.1, 0.15) is 61.4 Å². The van der Waals surface area contributed by atoms with Crippen LogP contribution in [0.25, 0.3) is 21.3 Å². The van der Waals surface area contributed by atoms with E-state index in [2.05, 4.69) is 34.6 Å². The summed E-state index contributed by atoms with van der Waals surface area (Å²) >= 11 is 1.69. The SMILES string of the molecule is COc1cc2nc(C)nc(NCc3ccc(-c4ccccc4CN(C)C(=O)OC(C)(C)C)s3)c2cc1C1CCS(=O)(=O)CC1. The molecule has 0 aliphatic carbocycles. The third kappa shape index (κ3) is 7.50. The van der Waals surface area contributed by atoms with E-state index in [9.17, 15) is 13.2 Å². The molecule has 1 amide bonds. The number of carbonyl (C=O) groups excluding carboxylic acids is 1. The summed E-state index contributed by atoms with van der Waals surface area (Å²) < 4.78 is 35.4. The van der Waals surface area contributed by atoms with Crippen molar-refractivity contribution in [3.63, 3.8) is 0 Å². The molecule has 11 heteroatoms. The zero-order chi connectivity index (χ0) is 31.6. The summed E-state index contributed by atoms with van der Waals surface area (Å²) in [6.07, 6.45) is 0.796. The first kappa shape index (κ1) is 31.7. The molecule has 1 N–H and O–H groups in total. The van der Waals surface area contributed by atoms with Crippen molar-refractivity contribution in [2.24, 2.45) is 0 Å². The Bertz CT molecular complexity index is 1760. The molecule has 9 nitrogen and oxygen atoms in total. The average Bonchev–Trinajstić information content (AvgIpc) is 3.43. The van der Waals surface area contributed by atoms with Gasteiger partial charge in [-0.3, -0.25) is 0 Å². The lowest BCUT2D eigenvalue weighted by atomic mass is 9.91. The van der Waals surface area contributed by atoms with E-state index in [-0.39, 0.29) is 23.5 Å². The van der Waals surface area contributed by atoms with Crippen molar-refractivity contribution in [1.29, 1.82) is 0 Å². The molecular weight excluding hydrogens is 597 g/mol. The van der Waals surface area contributed by atoms with Crippen molar-refractivity contribution in [3.8, 4) is 16.2 Å². The van der Waals surface area contributed by atoms with Gasteiger partial charge in [0.1, 0.15) is 32.8 Å². The van der Waals surface area contributed by atoms with Crippen molar-refractivity contribution in [1.82, 2.24) is 14.9 Å². The molecule has 1 fully saturated rings. The molecule has 44 heavy (non-hydrogen) atoms. The van der Waals surface area contributed by atoms with Crippen LogP contribution in [0.3, 0.4) is 0 Å². The number of carbonyl (C=O) groups is 1. The standard InChI is InChI=1S/C33H40N4O5S2/c1-21-35-28-18-29(41-6)26(22-13-15-44(39,40)16-14-22)17-27(28)31(36-21)34-19-24-11-12-30(43-24)25-10-8-7-9-23(25)20-37(5)32(38)42-33(2,3)4/h7-12,17-18,22H,13-16,19-20H2,1-6H3,(H,34,35,36). The lowest BCUT2D eigenvalue weighted by Gasteiger charge is -2.25. The van der Waals surface area contributed by atoms with Crippen LogP contribution in [0, 0.1) is 6.92 Å². The number of ether oxygens (including phenoxy) is 2. The van der Waals surface area contributed by atoms with Gasteiger partial charge in [-0.05, 0) is 81.3 Å². The van der Waals surface area contributed by atoms with Gasteiger partial charge in [-0.15, -0.1) is 11.3 Å². The lowest BCUT2D eigenvalue weighted by Crippen LogP contribution is -2.33. The minimum atomic E-state index is -2.98. The van der Waals surface area contributed by atoms with Crippen LogP contribution in [0.5, 0.6) is 5.75 Å². The highest BCUT2D eigenvalue weighted by atomic mass is 32.2. The summed E-state index contributed by atoms with van der Waals surface area (Å²) in [5, 5.41) is 4.41. The number of hydrogen-bond acceptors (Lipinski definition) is 9. The summed E-state index contributed by atoms with van der Waals surface area (Å²) in [5.41, 5.74) is 3.34. The maximum atomic E-state index is 12.6. The van der Waals surface area contributed by atoms with Gasteiger partial charge >= 0.3 is 6.09 Å². The fraction of sp³-hybridized carbons (Fsp3) is 0.424. The summed E-state index contributed by atoms with van der Waals surface area (Å²) in [4.78, 5) is 25.8. The highest BCUT2D eigenvalue weighted by molar-refractivity contribution is 7.91. The number of amides is 1. The molecule has 0 bridgehead atoms. The molecule has 1 aliphatic rings. The number of rotatable bonds is 8. The van der Waals surface area contributed by atoms with E-state index in [1.165, 1.54) is 0 Å². The van der Waals surface area contributed by atoms with Gasteiger partial charge in [-0.25, -0.2) is 23.2 Å². The number of nitrogens with one attached hydrogen (secondary N) is 1. The zero-order valence-corrected chi connectivity index (χ0v) is 27.8. The van der Waals surface area contributed by atoms with Crippen molar-refractivity contribution in [2.45, 2.75) is 65.1 Å². The molecule has 234 valence electrons. The van der Waals surface area contributed by atoms with Crippen LogP contribution in [-0.4, -0.2) is 60.6 Å². The van der Waals surface area contributed by atoms with Crippen molar-refractivity contribution in [2.75, 3.05) is 31.0 Å². The average molecular weight is 637 g/mol. The molecule has 0 saturated carbocycles. The third-order valence-corrected chi connectivity index (χ3v) is 10.5. The van der Waals surface area contributed by atoms with E-state index in [1.54, 1.807) is 30.4 Å². The Morgan fingerprint density at radius 2 is 1.82 bits per heavy atom. The second-order valence-corrected chi connectivity index (χ2v) is 15.7. The molecule has 1 saturated heterocycles. The number of benzene rings is 2. The number of aryl methyl sites for hydroxylation is 1. The molecule has 0 radical (unpaired) electrons. The molecule has 0 spiro atoms. The van der Waals surface area contributed by atoms with Gasteiger partial charge in [0.15, 0.2) is 0 Å². The molecule has 0 atom stereocenters. The van der Waals surface area contributed by atoms with Gasteiger partial charge < -0.3 is 19.7 Å². The molecule has 2 aromatic carbocycles. The minimum Gasteiger partial charge on any atom is -0.496 e. The van der Waals surface area contributed by atoms with Crippen LogP contribution >= 0.6 is 11.3 Å². The molecule has 4 aromatic rings. The van der Waals surface area contributed by atoms with E-state index >= 15 is 0 Å². The number of methoxy groups -OCH3 is 1. The molecule has 5 rings (SSSR count). The smallest absolute Gasteiger partial charge is 0.410 e. The molecule has 1 aliphatic heterocycles. The highest BCUT2D eigenvalue weighted by Gasteiger charge is 2.28. The first-order valence-corrected chi connectivity index (χ1v) is 17.4. The first-order valence-electron chi connectivity index (χ1n) is 14.7. The second-order valence-electron chi connectivity index (χ2n) is 12.3. The topological polar surface area (TPSA) is 111 Å². The van der Waals surface area contributed by atoms with Crippen LogP contribution in [0.4, 0.5) is 10.6 Å². The monoisotopic (exact) mass is 636 g/mol. The summed E-state index contributed by atoms with van der Waals surface area (Å²) in [5.74, 6) is 2.58. The van der Waals surface area contributed by atoms with Gasteiger partial charge in [-0.1, -0.05) is 24.3 Å². The normalized spacial score (nSPS) is 15.2. The summed E-state index contributed by atoms with van der Waals surface area (Å²) in [7, 11) is 0.412. The van der Waals surface area contributed by atoms with Crippen LogP contribution in [0.15, 0.2) is 48.5 Å². The first-order chi connectivity index (χ1) is 20.8. The van der Waals surface area contributed by atoms with Gasteiger partial charge in [0.05, 0.1) is 30.7 Å². The van der Waals surface area contributed by atoms with Crippen molar-refractivity contribution in [3.05, 3.63) is 70.4 Å². The summed E-state index contributed by atoms with van der Waals surface area (Å²) in [6.45, 7) is 8.45. The largest absolute Gasteiger partial charge is 0.496 e. The zero-order valence-electron chi connectivity index (χ0n) is 26.1. The maximum Gasteiger partial charge on any atom is 0.410 e. The summed E-state index contributed by atoms with van der Waals surface area (Å²) in [6, 6.07) is 16.3. The van der Waals surface area contributed by atoms with Gasteiger partial charge in [0.25, 0.3) is 0 Å². The predicted molar refractivity (Wildman–Crippen MR) is 176 cm³/mol. The lowest BCUT2D eigenvalue weighted by molar-refractivity contribution is 0.0285. The van der Waals surface area contributed by atoms with E-state index in [4.69, 9.17) is 14.5 Å². The Kier molecular flexibility index (Phi) is 9.17. The number of aromatic nitrogens is 2. The molecule has 0 unspecified atom stereocenters. The third-order valence-electron chi connectivity index (χ3n) is 7.64. The number of thiophene rings is 1. The maximum absolute atomic E-state index is 12.6. The van der Waals surface area contributed by atoms with Gasteiger partial charge in [-0.2, -0.15) is 0 Å².